The van der Waals surface area contributed by atoms with Crippen molar-refractivity contribution >= 4 is 19.4 Å². The Morgan fingerprint density at radius 2 is 2.00 bits per heavy atom. The summed E-state index contributed by atoms with van der Waals surface area (Å²) in [6.45, 7) is 2.07. The second-order valence-electron chi connectivity index (χ2n) is 3.10. The van der Waals surface area contributed by atoms with E-state index in [-0.39, 0.29) is 0 Å². The lowest BCUT2D eigenvalue weighted by molar-refractivity contribution is -0.137. The molecular formula is C11H13BO5. The number of carbonyl (C=O) groups is 1. The van der Waals surface area contributed by atoms with E-state index in [1.807, 2.05) is 0 Å². The van der Waals surface area contributed by atoms with Gasteiger partial charge in [0.05, 0.1) is 6.61 Å². The standard InChI is InChI=1S/C11H13BO5/c1-2-16-11(13)8-5-9-3-6-10(7-4-9)17-12(14)15/h3-8,14-15H,2H2,1H3/b8-5+. The van der Waals surface area contributed by atoms with Gasteiger partial charge in [-0.05, 0) is 30.7 Å². The Labute approximate surface area is 99.5 Å². The number of esters is 1. The first kappa shape index (κ1) is 13.3. The van der Waals surface area contributed by atoms with Crippen LogP contribution in [-0.4, -0.2) is 29.9 Å². The molecule has 2 N–H and O–H groups in total. The van der Waals surface area contributed by atoms with Crippen molar-refractivity contribution in [3.05, 3.63) is 35.9 Å². The summed E-state index contributed by atoms with van der Waals surface area (Å²) in [5, 5.41) is 17.1. The zero-order valence-corrected chi connectivity index (χ0v) is 9.37. The van der Waals surface area contributed by atoms with Crippen molar-refractivity contribution < 1.29 is 24.2 Å². The zero-order chi connectivity index (χ0) is 12.7. The van der Waals surface area contributed by atoms with Gasteiger partial charge in [0.2, 0.25) is 0 Å². The Bertz CT molecular complexity index is 385. The lowest BCUT2D eigenvalue weighted by atomic mass is 10.2. The molecular weight excluding hydrogens is 223 g/mol. The monoisotopic (exact) mass is 236 g/mol. The average molecular weight is 236 g/mol. The highest BCUT2D eigenvalue weighted by Crippen LogP contribution is 2.13. The van der Waals surface area contributed by atoms with E-state index in [4.69, 9.17) is 14.8 Å². The third kappa shape index (κ3) is 5.19. The Morgan fingerprint density at radius 3 is 2.53 bits per heavy atom. The molecule has 0 atom stereocenters. The van der Waals surface area contributed by atoms with Gasteiger partial charge in [0, 0.05) is 6.08 Å². The Morgan fingerprint density at radius 1 is 1.35 bits per heavy atom. The summed E-state index contributed by atoms with van der Waals surface area (Å²) in [6.07, 6.45) is 2.91. The molecule has 1 rings (SSSR count). The molecule has 0 amide bonds. The molecule has 0 aliphatic rings. The maximum absolute atomic E-state index is 11.0. The molecule has 0 aliphatic heterocycles. The summed E-state index contributed by atoms with van der Waals surface area (Å²) in [5.41, 5.74) is 0.776. The second kappa shape index (κ2) is 6.72. The molecule has 0 saturated heterocycles. The van der Waals surface area contributed by atoms with Gasteiger partial charge in [-0.15, -0.1) is 0 Å². The predicted molar refractivity (Wildman–Crippen MR) is 62.9 cm³/mol. The van der Waals surface area contributed by atoms with Crippen molar-refractivity contribution in [1.29, 1.82) is 0 Å². The summed E-state index contributed by atoms with van der Waals surface area (Å²) in [4.78, 5) is 11.0. The van der Waals surface area contributed by atoms with E-state index in [0.29, 0.717) is 12.4 Å². The zero-order valence-electron chi connectivity index (χ0n) is 9.37. The van der Waals surface area contributed by atoms with Crippen molar-refractivity contribution in [2.45, 2.75) is 6.92 Å². The third-order valence-electron chi connectivity index (χ3n) is 1.82. The molecule has 6 heteroatoms. The van der Waals surface area contributed by atoms with Crippen molar-refractivity contribution in [3.8, 4) is 5.75 Å². The highest BCUT2D eigenvalue weighted by Gasteiger charge is 2.10. The van der Waals surface area contributed by atoms with Crippen LogP contribution in [0.4, 0.5) is 0 Å². The highest BCUT2D eigenvalue weighted by molar-refractivity contribution is 6.33. The maximum Gasteiger partial charge on any atom is 0.707 e. The molecule has 0 aliphatic carbocycles. The van der Waals surface area contributed by atoms with E-state index in [9.17, 15) is 4.79 Å². The van der Waals surface area contributed by atoms with Crippen LogP contribution in [0.1, 0.15) is 12.5 Å². The van der Waals surface area contributed by atoms with Crippen LogP contribution in [0.15, 0.2) is 30.3 Å². The van der Waals surface area contributed by atoms with Gasteiger partial charge >= 0.3 is 13.3 Å². The molecule has 0 aromatic heterocycles. The second-order valence-corrected chi connectivity index (χ2v) is 3.10. The van der Waals surface area contributed by atoms with Gasteiger partial charge in [0.25, 0.3) is 0 Å². The third-order valence-corrected chi connectivity index (χ3v) is 1.82. The maximum atomic E-state index is 11.0. The number of benzene rings is 1. The summed E-state index contributed by atoms with van der Waals surface area (Å²) >= 11 is 0. The minimum Gasteiger partial charge on any atom is -0.512 e. The summed E-state index contributed by atoms with van der Waals surface area (Å²) in [5.74, 6) is -0.0770. The first-order chi connectivity index (χ1) is 8.11. The molecule has 0 saturated carbocycles. The highest BCUT2D eigenvalue weighted by atomic mass is 16.6. The van der Waals surface area contributed by atoms with Crippen LogP contribution in [0.5, 0.6) is 5.75 Å². The van der Waals surface area contributed by atoms with E-state index in [1.54, 1.807) is 37.3 Å². The Kier molecular flexibility index (Phi) is 5.25. The Balaban J connectivity index is 2.59. The van der Waals surface area contributed by atoms with Gasteiger partial charge < -0.3 is 19.4 Å². The molecule has 17 heavy (non-hydrogen) atoms. The first-order valence-electron chi connectivity index (χ1n) is 5.09. The molecule has 0 radical (unpaired) electrons. The smallest absolute Gasteiger partial charge is 0.512 e. The molecule has 0 bridgehead atoms. The normalized spacial score (nSPS) is 10.3. The van der Waals surface area contributed by atoms with E-state index in [2.05, 4.69) is 4.65 Å². The van der Waals surface area contributed by atoms with Gasteiger partial charge in [0.15, 0.2) is 0 Å². The quantitative estimate of drug-likeness (QED) is 0.445. The van der Waals surface area contributed by atoms with Crippen LogP contribution >= 0.6 is 0 Å². The van der Waals surface area contributed by atoms with E-state index in [0.717, 1.165) is 5.56 Å². The fraction of sp³-hybridized carbons (Fsp3) is 0.182. The molecule has 0 fully saturated rings. The van der Waals surface area contributed by atoms with Gasteiger partial charge in [-0.25, -0.2) is 4.79 Å². The van der Waals surface area contributed by atoms with E-state index < -0.39 is 13.3 Å². The number of rotatable bonds is 5. The summed E-state index contributed by atoms with van der Waals surface area (Å²) < 4.78 is 9.35. The van der Waals surface area contributed by atoms with Crippen LogP contribution in [-0.2, 0) is 9.53 Å². The minimum atomic E-state index is -1.84. The SMILES string of the molecule is CCOC(=O)/C=C/c1ccc(OB(O)O)cc1. The largest absolute Gasteiger partial charge is 0.707 e. The number of carbonyl (C=O) groups excluding carboxylic acids is 1. The van der Waals surface area contributed by atoms with Crippen LogP contribution in [0.3, 0.4) is 0 Å². The molecule has 0 spiro atoms. The van der Waals surface area contributed by atoms with Gasteiger partial charge in [-0.1, -0.05) is 12.1 Å². The van der Waals surface area contributed by atoms with Gasteiger partial charge in [-0.2, -0.15) is 0 Å². The van der Waals surface area contributed by atoms with E-state index >= 15 is 0 Å². The van der Waals surface area contributed by atoms with Crippen LogP contribution in [0.2, 0.25) is 0 Å². The van der Waals surface area contributed by atoms with Crippen molar-refractivity contribution in [2.24, 2.45) is 0 Å². The van der Waals surface area contributed by atoms with Gasteiger partial charge in [-0.3, -0.25) is 0 Å². The number of hydrogen-bond acceptors (Lipinski definition) is 5. The van der Waals surface area contributed by atoms with Crippen LogP contribution in [0, 0.1) is 0 Å². The lowest BCUT2D eigenvalue weighted by Gasteiger charge is -2.03. The number of hydrogen-bond donors (Lipinski definition) is 2. The average Bonchev–Trinajstić information content (AvgIpc) is 2.28. The topological polar surface area (TPSA) is 76.0 Å². The van der Waals surface area contributed by atoms with Crippen LogP contribution in [0.25, 0.3) is 6.08 Å². The molecule has 0 heterocycles. The van der Waals surface area contributed by atoms with Gasteiger partial charge in [0.1, 0.15) is 5.75 Å². The first-order valence-corrected chi connectivity index (χ1v) is 5.09. The Hall–Kier alpha value is -1.79. The predicted octanol–water partition coefficient (Wildman–Crippen LogP) is 0.611. The van der Waals surface area contributed by atoms with Crippen molar-refractivity contribution in [3.63, 3.8) is 0 Å². The molecule has 5 nitrogen and oxygen atoms in total. The fourth-order valence-corrected chi connectivity index (χ4v) is 1.13. The number of ether oxygens (including phenoxy) is 1. The van der Waals surface area contributed by atoms with E-state index in [1.165, 1.54) is 6.08 Å². The molecule has 1 aromatic carbocycles. The fourth-order valence-electron chi connectivity index (χ4n) is 1.13. The molecule has 1 aromatic rings. The molecule has 90 valence electrons. The van der Waals surface area contributed by atoms with Crippen molar-refractivity contribution in [2.75, 3.05) is 6.61 Å². The lowest BCUT2D eigenvalue weighted by Crippen LogP contribution is -2.20. The van der Waals surface area contributed by atoms with Crippen molar-refractivity contribution in [1.82, 2.24) is 0 Å². The minimum absolute atomic E-state index is 0.327. The molecule has 0 unspecified atom stereocenters. The summed E-state index contributed by atoms with van der Waals surface area (Å²) in [7, 11) is -1.84. The van der Waals surface area contributed by atoms with Crippen LogP contribution < -0.4 is 4.65 Å². The summed E-state index contributed by atoms with van der Waals surface area (Å²) in [6, 6.07) is 6.47.